The number of ether oxygens (including phenoxy) is 1. The molecule has 3 aromatic rings. The molecule has 0 bridgehead atoms. The van der Waals surface area contributed by atoms with Crippen molar-refractivity contribution in [1.29, 1.82) is 0 Å². The van der Waals surface area contributed by atoms with Gasteiger partial charge in [-0.25, -0.2) is 4.39 Å². The summed E-state index contributed by atoms with van der Waals surface area (Å²) >= 11 is 3.46. The van der Waals surface area contributed by atoms with Crippen molar-refractivity contribution >= 4 is 27.7 Å². The van der Waals surface area contributed by atoms with E-state index < -0.39 is 17.8 Å². The second kappa shape index (κ2) is 13.8. The van der Waals surface area contributed by atoms with Crippen LogP contribution in [0.15, 0.2) is 77.3 Å². The van der Waals surface area contributed by atoms with Crippen molar-refractivity contribution in [3.05, 3.63) is 99.8 Å². The molecule has 3 rings (SSSR count). The predicted octanol–water partition coefficient (Wildman–Crippen LogP) is 5.83. The van der Waals surface area contributed by atoms with Gasteiger partial charge in [0.2, 0.25) is 5.91 Å². The molecule has 0 saturated heterocycles. The highest BCUT2D eigenvalue weighted by Gasteiger charge is 2.31. The second-order valence-electron chi connectivity index (χ2n) is 8.66. The molecular weight excluding hydrogens is 523 g/mol. The molecule has 36 heavy (non-hydrogen) atoms. The summed E-state index contributed by atoms with van der Waals surface area (Å²) in [5.41, 5.74) is 2.22. The zero-order valence-corrected chi connectivity index (χ0v) is 22.3. The summed E-state index contributed by atoms with van der Waals surface area (Å²) in [5, 5.41) is 2.95. The van der Waals surface area contributed by atoms with Crippen LogP contribution in [0.3, 0.4) is 0 Å². The highest BCUT2D eigenvalue weighted by Crippen LogP contribution is 2.22. The third-order valence-corrected chi connectivity index (χ3v) is 6.78. The average Bonchev–Trinajstić information content (AvgIpc) is 2.88. The molecule has 0 aliphatic heterocycles. The summed E-state index contributed by atoms with van der Waals surface area (Å²) < 4.78 is 21.3. The van der Waals surface area contributed by atoms with E-state index in [1.165, 1.54) is 11.0 Å². The molecule has 1 N–H and O–H groups in total. The number of hydrogen-bond acceptors (Lipinski definition) is 3. The lowest BCUT2D eigenvalue weighted by atomic mass is 10.0. The lowest BCUT2D eigenvalue weighted by Crippen LogP contribution is -2.52. The van der Waals surface area contributed by atoms with Gasteiger partial charge in [-0.3, -0.25) is 9.59 Å². The Morgan fingerprint density at radius 3 is 2.47 bits per heavy atom. The van der Waals surface area contributed by atoms with Gasteiger partial charge in [0.25, 0.3) is 5.91 Å². The minimum atomic E-state index is -0.827. The molecule has 0 spiro atoms. The maximum absolute atomic E-state index is 14.6. The molecule has 1 unspecified atom stereocenters. The molecule has 2 amide bonds. The quantitative estimate of drug-likeness (QED) is 0.286. The molecule has 0 saturated carbocycles. The lowest BCUT2D eigenvalue weighted by molar-refractivity contribution is -0.142. The maximum atomic E-state index is 14.6. The maximum Gasteiger partial charge on any atom is 0.261 e. The van der Waals surface area contributed by atoms with Crippen LogP contribution in [0.4, 0.5) is 4.39 Å². The molecule has 0 radical (unpaired) electrons. The van der Waals surface area contributed by atoms with E-state index in [1.807, 2.05) is 56.3 Å². The number of nitrogens with zero attached hydrogens (tertiary/aromatic N) is 1. The SMILES string of the molecule is CCCCNC(=O)C(Cc1ccccc1)N(Cc1ccccc1F)C(=O)COc1ccc(Br)c(C)c1. The van der Waals surface area contributed by atoms with Gasteiger partial charge >= 0.3 is 0 Å². The van der Waals surface area contributed by atoms with Gasteiger partial charge in [-0.2, -0.15) is 0 Å². The molecule has 5 nitrogen and oxygen atoms in total. The Morgan fingerprint density at radius 2 is 1.78 bits per heavy atom. The summed E-state index contributed by atoms with van der Waals surface area (Å²) in [5.74, 6) is -0.548. The van der Waals surface area contributed by atoms with Crippen LogP contribution in [0, 0.1) is 12.7 Å². The topological polar surface area (TPSA) is 58.6 Å². The van der Waals surface area contributed by atoms with Crippen molar-refractivity contribution in [1.82, 2.24) is 10.2 Å². The van der Waals surface area contributed by atoms with E-state index in [2.05, 4.69) is 21.2 Å². The molecule has 0 fully saturated rings. The molecule has 0 aromatic heterocycles. The zero-order valence-electron chi connectivity index (χ0n) is 20.7. The number of amides is 2. The fourth-order valence-electron chi connectivity index (χ4n) is 3.81. The third kappa shape index (κ3) is 7.92. The normalized spacial score (nSPS) is 11.6. The highest BCUT2D eigenvalue weighted by molar-refractivity contribution is 9.10. The second-order valence-corrected chi connectivity index (χ2v) is 9.52. The van der Waals surface area contributed by atoms with Gasteiger partial charge < -0.3 is 15.0 Å². The summed E-state index contributed by atoms with van der Waals surface area (Å²) in [6, 6.07) is 20.4. The van der Waals surface area contributed by atoms with Crippen LogP contribution in [0.1, 0.15) is 36.5 Å². The number of carbonyl (C=O) groups excluding carboxylic acids is 2. The Hall–Kier alpha value is -3.19. The third-order valence-electron chi connectivity index (χ3n) is 5.89. The molecule has 0 heterocycles. The number of benzene rings is 3. The fourth-order valence-corrected chi connectivity index (χ4v) is 4.05. The van der Waals surface area contributed by atoms with E-state index in [0.717, 1.165) is 28.4 Å². The molecule has 3 aromatic carbocycles. The summed E-state index contributed by atoms with van der Waals surface area (Å²) in [6.07, 6.45) is 2.06. The molecule has 1 atom stereocenters. The Kier molecular flexibility index (Phi) is 10.5. The van der Waals surface area contributed by atoms with Gasteiger partial charge in [0.15, 0.2) is 6.61 Å². The van der Waals surface area contributed by atoms with E-state index in [-0.39, 0.29) is 19.1 Å². The van der Waals surface area contributed by atoms with Gasteiger partial charge in [0.1, 0.15) is 17.6 Å². The Balaban J connectivity index is 1.89. The number of hydrogen-bond donors (Lipinski definition) is 1. The van der Waals surface area contributed by atoms with Crippen LogP contribution >= 0.6 is 15.9 Å². The van der Waals surface area contributed by atoms with Crippen LogP contribution < -0.4 is 10.1 Å². The zero-order chi connectivity index (χ0) is 25.9. The summed E-state index contributed by atoms with van der Waals surface area (Å²) in [7, 11) is 0. The average molecular weight is 555 g/mol. The Bertz CT molecular complexity index is 1160. The lowest BCUT2D eigenvalue weighted by Gasteiger charge is -2.31. The molecule has 7 heteroatoms. The van der Waals surface area contributed by atoms with Gasteiger partial charge in [-0.05, 0) is 48.7 Å². The summed E-state index contributed by atoms with van der Waals surface area (Å²) in [4.78, 5) is 28.3. The van der Waals surface area contributed by atoms with Crippen molar-refractivity contribution < 1.29 is 18.7 Å². The first-order valence-electron chi connectivity index (χ1n) is 12.1. The number of halogens is 2. The van der Waals surface area contributed by atoms with Crippen molar-refractivity contribution in [3.8, 4) is 5.75 Å². The van der Waals surface area contributed by atoms with Gasteiger partial charge in [-0.15, -0.1) is 0 Å². The number of nitrogens with one attached hydrogen (secondary N) is 1. The first-order chi connectivity index (χ1) is 17.4. The van der Waals surface area contributed by atoms with E-state index in [0.29, 0.717) is 24.3 Å². The minimum Gasteiger partial charge on any atom is -0.484 e. The molecule has 190 valence electrons. The van der Waals surface area contributed by atoms with Crippen LogP contribution in [0.2, 0.25) is 0 Å². The smallest absolute Gasteiger partial charge is 0.261 e. The largest absolute Gasteiger partial charge is 0.484 e. The van der Waals surface area contributed by atoms with E-state index >= 15 is 0 Å². The van der Waals surface area contributed by atoms with Gasteiger partial charge in [0.05, 0.1) is 0 Å². The monoisotopic (exact) mass is 554 g/mol. The minimum absolute atomic E-state index is 0.0487. The van der Waals surface area contributed by atoms with E-state index in [1.54, 1.807) is 24.3 Å². The number of carbonyl (C=O) groups is 2. The van der Waals surface area contributed by atoms with Crippen LogP contribution in [0.25, 0.3) is 0 Å². The van der Waals surface area contributed by atoms with E-state index in [9.17, 15) is 14.0 Å². The number of aryl methyl sites for hydroxylation is 1. The van der Waals surface area contributed by atoms with Crippen LogP contribution in [0.5, 0.6) is 5.75 Å². The number of rotatable bonds is 12. The number of unbranched alkanes of at least 4 members (excludes halogenated alkanes) is 1. The molecule has 0 aliphatic rings. The predicted molar refractivity (Wildman–Crippen MR) is 143 cm³/mol. The van der Waals surface area contributed by atoms with Crippen LogP contribution in [-0.4, -0.2) is 35.9 Å². The first kappa shape index (κ1) is 27.4. The fraction of sp³-hybridized carbons (Fsp3) is 0.310. The summed E-state index contributed by atoms with van der Waals surface area (Å²) in [6.45, 7) is 4.16. The van der Waals surface area contributed by atoms with Crippen molar-refractivity contribution in [3.63, 3.8) is 0 Å². The molecular formula is C29H32BrFN2O3. The van der Waals surface area contributed by atoms with Gasteiger partial charge in [-0.1, -0.05) is 77.8 Å². The Morgan fingerprint density at radius 1 is 1.06 bits per heavy atom. The highest BCUT2D eigenvalue weighted by atomic mass is 79.9. The van der Waals surface area contributed by atoms with Crippen molar-refractivity contribution in [2.75, 3.05) is 13.2 Å². The first-order valence-corrected chi connectivity index (χ1v) is 12.9. The Labute approximate surface area is 220 Å². The van der Waals surface area contributed by atoms with Crippen molar-refractivity contribution in [2.45, 2.75) is 45.7 Å². The molecule has 0 aliphatic carbocycles. The van der Waals surface area contributed by atoms with Crippen molar-refractivity contribution in [2.24, 2.45) is 0 Å². The van der Waals surface area contributed by atoms with Crippen LogP contribution in [-0.2, 0) is 22.6 Å². The standard InChI is InChI=1S/C29H32BrFN2O3/c1-3-4-16-32-29(35)27(18-22-10-6-5-7-11-22)33(19-23-12-8-9-13-26(23)31)28(34)20-36-24-14-15-25(30)21(2)17-24/h5-15,17,27H,3-4,16,18-20H2,1-2H3,(H,32,35). The van der Waals surface area contributed by atoms with Gasteiger partial charge in [0, 0.05) is 29.5 Å². The van der Waals surface area contributed by atoms with E-state index in [4.69, 9.17) is 4.74 Å².